The minimum Gasteiger partial charge on any atom is -0.345 e. The third kappa shape index (κ3) is 3.48. The first kappa shape index (κ1) is 18.1. The number of benzene rings is 1. The maximum Gasteiger partial charge on any atom is 0.253 e. The molecule has 3 rings (SSSR count). The lowest BCUT2D eigenvalue weighted by atomic mass is 9.81. The monoisotopic (exact) mass is 353 g/mol. The smallest absolute Gasteiger partial charge is 0.253 e. The summed E-state index contributed by atoms with van der Waals surface area (Å²) in [6.45, 7) is 0. The number of anilines is 1. The van der Waals surface area contributed by atoms with Crippen molar-refractivity contribution in [2.75, 3.05) is 19.4 Å². The second-order valence-corrected chi connectivity index (χ2v) is 7.51. The van der Waals surface area contributed by atoms with Gasteiger partial charge in [0.2, 0.25) is 5.91 Å². The van der Waals surface area contributed by atoms with Crippen molar-refractivity contribution in [3.05, 3.63) is 29.8 Å². The van der Waals surface area contributed by atoms with E-state index in [2.05, 4.69) is 5.32 Å². The van der Waals surface area contributed by atoms with E-state index in [1.54, 1.807) is 38.4 Å². The molecular formula is C20H23N3O3. The van der Waals surface area contributed by atoms with Crippen molar-refractivity contribution in [1.29, 1.82) is 5.26 Å². The van der Waals surface area contributed by atoms with Crippen molar-refractivity contribution >= 4 is 23.3 Å². The summed E-state index contributed by atoms with van der Waals surface area (Å²) in [5, 5.41) is 12.0. The Morgan fingerprint density at radius 1 is 1.15 bits per heavy atom. The normalized spacial score (nSPS) is 24.6. The molecule has 2 bridgehead atoms. The van der Waals surface area contributed by atoms with Gasteiger partial charge in [0.15, 0.2) is 11.7 Å². The first-order chi connectivity index (χ1) is 12.4. The average molecular weight is 353 g/mol. The van der Waals surface area contributed by atoms with E-state index in [1.165, 1.54) is 4.90 Å². The van der Waals surface area contributed by atoms with Crippen LogP contribution in [0.25, 0.3) is 0 Å². The van der Waals surface area contributed by atoms with Gasteiger partial charge >= 0.3 is 0 Å². The Morgan fingerprint density at radius 3 is 2.35 bits per heavy atom. The standard InChI is InChI=1S/C20H23N3O3/c1-23(2)20(26)13-5-7-15(8-6-13)22-19(25)17(11-21)18(24)16-10-12-3-4-14(16)9-12/h5-8,12,14,16-17H,3-4,9-10H2,1-2H3,(H,22,25)/t12-,14-,16-,17+/m0/s1. The molecule has 4 atom stereocenters. The van der Waals surface area contributed by atoms with Crippen molar-refractivity contribution in [3.8, 4) is 6.07 Å². The third-order valence-corrected chi connectivity index (χ3v) is 5.58. The summed E-state index contributed by atoms with van der Waals surface area (Å²) in [4.78, 5) is 38.5. The summed E-state index contributed by atoms with van der Waals surface area (Å²) in [6.07, 6.45) is 4.06. The van der Waals surface area contributed by atoms with E-state index in [9.17, 15) is 19.6 Å². The van der Waals surface area contributed by atoms with Crippen LogP contribution in [0.3, 0.4) is 0 Å². The van der Waals surface area contributed by atoms with E-state index < -0.39 is 11.8 Å². The Bertz CT molecular complexity index is 764. The number of nitriles is 1. The number of hydrogen-bond acceptors (Lipinski definition) is 4. The molecule has 2 amide bonds. The average Bonchev–Trinajstić information content (AvgIpc) is 3.25. The number of ketones is 1. The van der Waals surface area contributed by atoms with Crippen LogP contribution in [0.2, 0.25) is 0 Å². The molecule has 0 unspecified atom stereocenters. The van der Waals surface area contributed by atoms with Gasteiger partial charge in [0.05, 0.1) is 6.07 Å². The van der Waals surface area contributed by atoms with Crippen molar-refractivity contribution in [2.45, 2.75) is 25.7 Å². The van der Waals surface area contributed by atoms with Gasteiger partial charge in [-0.1, -0.05) is 6.42 Å². The Balaban J connectivity index is 1.65. The van der Waals surface area contributed by atoms with Crippen LogP contribution in [-0.4, -0.2) is 36.6 Å². The fourth-order valence-corrected chi connectivity index (χ4v) is 4.23. The zero-order valence-corrected chi connectivity index (χ0v) is 15.1. The van der Waals surface area contributed by atoms with Crippen molar-refractivity contribution in [3.63, 3.8) is 0 Å². The van der Waals surface area contributed by atoms with Gasteiger partial charge in [-0.2, -0.15) is 5.26 Å². The van der Waals surface area contributed by atoms with Crippen LogP contribution in [0.15, 0.2) is 24.3 Å². The molecule has 136 valence electrons. The highest BCUT2D eigenvalue weighted by Gasteiger charge is 2.46. The van der Waals surface area contributed by atoms with Gasteiger partial charge in [-0.25, -0.2) is 0 Å². The fraction of sp³-hybridized carbons (Fsp3) is 0.500. The number of fused-ring (bicyclic) bond motifs is 2. The van der Waals surface area contributed by atoms with Gasteiger partial charge in [0.1, 0.15) is 0 Å². The minimum atomic E-state index is -1.28. The second-order valence-electron chi connectivity index (χ2n) is 7.51. The quantitative estimate of drug-likeness (QED) is 0.823. The number of nitrogens with zero attached hydrogens (tertiary/aromatic N) is 2. The lowest BCUT2D eigenvalue weighted by molar-refractivity contribution is -0.132. The van der Waals surface area contributed by atoms with Gasteiger partial charge in [-0.15, -0.1) is 0 Å². The summed E-state index contributed by atoms with van der Waals surface area (Å²) in [7, 11) is 3.33. The molecular weight excluding hydrogens is 330 g/mol. The van der Waals surface area contributed by atoms with Gasteiger partial charge in [0, 0.05) is 31.3 Å². The van der Waals surface area contributed by atoms with E-state index in [0.29, 0.717) is 23.1 Å². The molecule has 2 aliphatic carbocycles. The van der Waals surface area contributed by atoms with Crippen molar-refractivity contribution in [2.24, 2.45) is 23.7 Å². The van der Waals surface area contributed by atoms with Gasteiger partial charge in [-0.3, -0.25) is 14.4 Å². The number of carbonyl (C=O) groups excluding carboxylic acids is 3. The first-order valence-corrected chi connectivity index (χ1v) is 8.96. The molecule has 0 radical (unpaired) electrons. The number of rotatable bonds is 5. The van der Waals surface area contributed by atoms with Gasteiger partial charge in [-0.05, 0) is 55.4 Å². The molecule has 0 aromatic heterocycles. The molecule has 6 heteroatoms. The molecule has 0 saturated heterocycles. The largest absolute Gasteiger partial charge is 0.345 e. The summed E-state index contributed by atoms with van der Waals surface area (Å²) in [6, 6.07) is 8.30. The van der Waals surface area contributed by atoms with E-state index in [1.807, 2.05) is 6.07 Å². The molecule has 0 spiro atoms. The van der Waals surface area contributed by atoms with Gasteiger partial charge in [0.25, 0.3) is 5.91 Å². The zero-order chi connectivity index (χ0) is 18.8. The van der Waals surface area contributed by atoms with Crippen LogP contribution in [0, 0.1) is 35.0 Å². The van der Waals surface area contributed by atoms with E-state index in [0.717, 1.165) is 25.7 Å². The lowest BCUT2D eigenvalue weighted by Crippen LogP contribution is -2.35. The molecule has 2 saturated carbocycles. The molecule has 0 aliphatic heterocycles. The Hall–Kier alpha value is -2.68. The highest BCUT2D eigenvalue weighted by atomic mass is 16.2. The second kappa shape index (κ2) is 7.28. The van der Waals surface area contributed by atoms with Crippen LogP contribution < -0.4 is 5.32 Å². The summed E-state index contributed by atoms with van der Waals surface area (Å²) in [5.41, 5.74) is 0.967. The predicted molar refractivity (Wildman–Crippen MR) is 96.1 cm³/mol. The number of carbonyl (C=O) groups is 3. The number of hydrogen-bond donors (Lipinski definition) is 1. The summed E-state index contributed by atoms with van der Waals surface area (Å²) >= 11 is 0. The Morgan fingerprint density at radius 2 is 1.85 bits per heavy atom. The number of Topliss-reactive ketones (excluding diaryl/α,β-unsaturated/α-hetero) is 1. The maximum absolute atomic E-state index is 12.7. The molecule has 26 heavy (non-hydrogen) atoms. The molecule has 6 nitrogen and oxygen atoms in total. The third-order valence-electron chi connectivity index (χ3n) is 5.58. The van der Waals surface area contributed by atoms with Crippen molar-refractivity contribution < 1.29 is 14.4 Å². The van der Waals surface area contributed by atoms with E-state index in [-0.39, 0.29) is 17.6 Å². The van der Waals surface area contributed by atoms with E-state index >= 15 is 0 Å². The lowest BCUT2D eigenvalue weighted by Gasteiger charge is -2.22. The number of nitrogens with one attached hydrogen (secondary N) is 1. The zero-order valence-electron chi connectivity index (χ0n) is 15.1. The van der Waals surface area contributed by atoms with Crippen LogP contribution >= 0.6 is 0 Å². The fourth-order valence-electron chi connectivity index (χ4n) is 4.23. The highest BCUT2D eigenvalue weighted by Crippen LogP contribution is 2.49. The Kier molecular flexibility index (Phi) is 5.08. The predicted octanol–water partition coefficient (Wildman–Crippen LogP) is 2.47. The SMILES string of the molecule is CN(C)C(=O)c1ccc(NC(=O)[C@H](C#N)C(=O)[C@H]2C[C@H]3CC[C@H]2C3)cc1. The maximum atomic E-state index is 12.7. The highest BCUT2D eigenvalue weighted by molar-refractivity contribution is 6.10. The molecule has 0 heterocycles. The molecule has 2 aliphatic rings. The minimum absolute atomic E-state index is 0.135. The van der Waals surface area contributed by atoms with E-state index in [4.69, 9.17) is 0 Å². The molecule has 1 aromatic carbocycles. The van der Waals surface area contributed by atoms with Crippen LogP contribution in [0.1, 0.15) is 36.0 Å². The van der Waals surface area contributed by atoms with Crippen molar-refractivity contribution in [1.82, 2.24) is 4.90 Å². The first-order valence-electron chi connectivity index (χ1n) is 8.96. The van der Waals surface area contributed by atoms with Crippen LogP contribution in [0.5, 0.6) is 0 Å². The van der Waals surface area contributed by atoms with Crippen LogP contribution in [0.4, 0.5) is 5.69 Å². The molecule has 2 fully saturated rings. The molecule has 1 N–H and O–H groups in total. The van der Waals surface area contributed by atoms with Crippen LogP contribution in [-0.2, 0) is 9.59 Å². The summed E-state index contributed by atoms with van der Waals surface area (Å²) in [5.74, 6) is -1.47. The Labute approximate surface area is 153 Å². The van der Waals surface area contributed by atoms with Gasteiger partial charge < -0.3 is 10.2 Å². The molecule has 1 aromatic rings. The number of amides is 2. The topological polar surface area (TPSA) is 90.3 Å². The summed E-state index contributed by atoms with van der Waals surface area (Å²) < 4.78 is 0.